The van der Waals surface area contributed by atoms with Gasteiger partial charge in [-0.25, -0.2) is 4.39 Å². The molecule has 0 saturated heterocycles. The number of H-pyrrole nitrogens is 1. The summed E-state index contributed by atoms with van der Waals surface area (Å²) in [5.74, 6) is -0.751. The van der Waals surface area contributed by atoms with Crippen molar-refractivity contribution < 1.29 is 4.39 Å². The molecule has 7 nitrogen and oxygen atoms in total. The van der Waals surface area contributed by atoms with E-state index >= 15 is 0 Å². The second kappa shape index (κ2) is 5.78. The van der Waals surface area contributed by atoms with Crippen LogP contribution in [0.3, 0.4) is 0 Å². The predicted octanol–water partition coefficient (Wildman–Crippen LogP) is 1.84. The summed E-state index contributed by atoms with van der Waals surface area (Å²) in [5, 5.41) is 33.2. The van der Waals surface area contributed by atoms with Crippen molar-refractivity contribution in [2.24, 2.45) is 0 Å². The van der Waals surface area contributed by atoms with E-state index in [9.17, 15) is 4.39 Å². The van der Waals surface area contributed by atoms with Crippen LogP contribution >= 0.6 is 11.6 Å². The van der Waals surface area contributed by atoms with Crippen molar-refractivity contribution >= 4 is 22.9 Å². The number of halogens is 2. The van der Waals surface area contributed by atoms with Crippen molar-refractivity contribution in [3.05, 3.63) is 40.6 Å². The molecule has 0 saturated carbocycles. The van der Waals surface area contributed by atoms with E-state index in [-0.39, 0.29) is 27.7 Å². The molecule has 1 aromatic carbocycles. The number of aromatic nitrogens is 4. The summed E-state index contributed by atoms with van der Waals surface area (Å²) in [6.45, 7) is 0. The zero-order chi connectivity index (χ0) is 14.5. The first-order chi connectivity index (χ1) is 9.67. The van der Waals surface area contributed by atoms with Crippen molar-refractivity contribution in [1.82, 2.24) is 20.6 Å². The Balaban J connectivity index is 2.34. The average Bonchev–Trinajstić information content (AvgIpc) is 2.97. The summed E-state index contributed by atoms with van der Waals surface area (Å²) >= 11 is 5.58. The Morgan fingerprint density at radius 3 is 2.85 bits per heavy atom. The molecule has 0 fully saturated rings. The number of tetrazole rings is 1. The molecule has 0 aliphatic heterocycles. The van der Waals surface area contributed by atoms with Crippen LogP contribution in [0.25, 0.3) is 5.57 Å². The van der Waals surface area contributed by atoms with E-state index in [4.69, 9.17) is 22.1 Å². The molecular weight excluding hydrogens is 285 g/mol. The number of hydrogen-bond acceptors (Lipinski definition) is 6. The van der Waals surface area contributed by atoms with Crippen molar-refractivity contribution in [3.63, 3.8) is 0 Å². The zero-order valence-electron chi connectivity index (χ0n) is 9.72. The Kier molecular flexibility index (Phi) is 3.89. The Bertz CT molecular complexity index is 739. The normalized spacial score (nSPS) is 10.7. The summed E-state index contributed by atoms with van der Waals surface area (Å²) < 4.78 is 13.6. The Labute approximate surface area is 117 Å². The van der Waals surface area contributed by atoms with Crippen LogP contribution in [0.5, 0.6) is 0 Å². The van der Waals surface area contributed by atoms with Crippen LogP contribution in [-0.2, 0) is 0 Å². The lowest BCUT2D eigenvalue weighted by Crippen LogP contribution is -1.97. The molecule has 1 heterocycles. The van der Waals surface area contributed by atoms with Gasteiger partial charge in [0.25, 0.3) is 0 Å². The van der Waals surface area contributed by atoms with Crippen LogP contribution in [0.2, 0.25) is 5.02 Å². The van der Waals surface area contributed by atoms with Gasteiger partial charge in [0.05, 0.1) is 10.7 Å². The van der Waals surface area contributed by atoms with Gasteiger partial charge in [-0.3, -0.25) is 0 Å². The van der Waals surface area contributed by atoms with E-state index in [1.54, 1.807) is 6.07 Å². The monoisotopic (exact) mass is 289 g/mol. The predicted molar refractivity (Wildman–Crippen MR) is 67.5 cm³/mol. The molecule has 0 bridgehead atoms. The number of aromatic amines is 1. The van der Waals surface area contributed by atoms with E-state index in [2.05, 4.69) is 25.9 Å². The number of anilines is 1. The lowest BCUT2D eigenvalue weighted by Gasteiger charge is -2.05. The third kappa shape index (κ3) is 2.55. The number of allylic oxidation sites excluding steroid dienone is 1. The summed E-state index contributed by atoms with van der Waals surface area (Å²) in [7, 11) is 0. The minimum atomic E-state index is -0.828. The van der Waals surface area contributed by atoms with Gasteiger partial charge in [0.1, 0.15) is 23.3 Å². The first kappa shape index (κ1) is 13.5. The fraction of sp³-hybridized carbons (Fsp3) is 0. The number of nitrogens with one attached hydrogen (secondary N) is 2. The van der Waals surface area contributed by atoms with Crippen LogP contribution in [0.4, 0.5) is 10.1 Å². The molecule has 20 heavy (non-hydrogen) atoms. The number of nitriles is 2. The molecule has 0 spiro atoms. The third-order valence-corrected chi connectivity index (χ3v) is 2.58. The number of rotatable bonds is 3. The first-order valence-electron chi connectivity index (χ1n) is 5.16. The minimum absolute atomic E-state index is 0.0676. The fourth-order valence-corrected chi connectivity index (χ4v) is 1.51. The largest absolute Gasteiger partial charge is 0.359 e. The molecule has 2 N–H and O–H groups in total. The van der Waals surface area contributed by atoms with E-state index in [0.717, 1.165) is 0 Å². The van der Waals surface area contributed by atoms with Crippen LogP contribution in [-0.4, -0.2) is 20.6 Å². The highest BCUT2D eigenvalue weighted by atomic mass is 35.5. The summed E-state index contributed by atoms with van der Waals surface area (Å²) in [5.41, 5.74) is -0.0113. The molecule has 2 aromatic rings. The third-order valence-electron chi connectivity index (χ3n) is 2.29. The second-order valence-corrected chi connectivity index (χ2v) is 3.85. The fourth-order valence-electron chi connectivity index (χ4n) is 1.35. The number of hydrogen-bond donors (Lipinski definition) is 2. The van der Waals surface area contributed by atoms with Gasteiger partial charge in [-0.05, 0) is 17.3 Å². The van der Waals surface area contributed by atoms with Gasteiger partial charge in [-0.2, -0.15) is 15.7 Å². The van der Waals surface area contributed by atoms with Gasteiger partial charge in [0, 0.05) is 6.20 Å². The van der Waals surface area contributed by atoms with Crippen molar-refractivity contribution in [2.45, 2.75) is 0 Å². The average molecular weight is 290 g/mol. The molecule has 98 valence electrons. The molecular formula is C11H5ClFN7. The molecule has 0 atom stereocenters. The molecule has 9 heteroatoms. The van der Waals surface area contributed by atoms with Crippen molar-refractivity contribution in [2.75, 3.05) is 5.32 Å². The number of benzene rings is 1. The molecule has 0 aliphatic carbocycles. The summed E-state index contributed by atoms with van der Waals surface area (Å²) in [4.78, 5) is 0. The van der Waals surface area contributed by atoms with Crippen molar-refractivity contribution in [3.8, 4) is 12.1 Å². The zero-order valence-corrected chi connectivity index (χ0v) is 10.5. The van der Waals surface area contributed by atoms with E-state index in [1.807, 2.05) is 6.07 Å². The summed E-state index contributed by atoms with van der Waals surface area (Å²) in [6.07, 6.45) is 1.24. The van der Waals surface area contributed by atoms with Gasteiger partial charge < -0.3 is 5.32 Å². The lowest BCUT2D eigenvalue weighted by atomic mass is 10.2. The highest BCUT2D eigenvalue weighted by molar-refractivity contribution is 6.31. The maximum atomic E-state index is 13.6. The topological polar surface area (TPSA) is 114 Å². The Morgan fingerprint density at radius 1 is 1.45 bits per heavy atom. The van der Waals surface area contributed by atoms with Crippen molar-refractivity contribution in [1.29, 1.82) is 10.5 Å². The lowest BCUT2D eigenvalue weighted by molar-refractivity contribution is 0.625. The molecule has 0 aliphatic rings. The van der Waals surface area contributed by atoms with Gasteiger partial charge in [0.2, 0.25) is 5.82 Å². The molecule has 1 aromatic heterocycles. The molecule has 0 unspecified atom stereocenters. The Hall–Kier alpha value is -2.97. The van der Waals surface area contributed by atoms with Gasteiger partial charge >= 0.3 is 0 Å². The highest BCUT2D eigenvalue weighted by Gasteiger charge is 2.12. The Morgan fingerprint density at radius 2 is 2.25 bits per heavy atom. The van der Waals surface area contributed by atoms with Crippen LogP contribution in [0.1, 0.15) is 11.4 Å². The minimum Gasteiger partial charge on any atom is -0.359 e. The number of nitrogens with zero attached hydrogens (tertiary/aromatic N) is 5. The van der Waals surface area contributed by atoms with Gasteiger partial charge in [-0.1, -0.05) is 11.6 Å². The second-order valence-electron chi connectivity index (χ2n) is 3.45. The van der Waals surface area contributed by atoms with E-state index < -0.39 is 5.82 Å². The molecule has 0 radical (unpaired) electrons. The summed E-state index contributed by atoms with van der Waals surface area (Å²) in [6, 6.07) is 6.27. The SMILES string of the molecule is N#CC(=CNc1ccc(Cl)c(F)c1C#N)c1nn[nH]n1. The standard InChI is InChI=1S/C11H5ClFN7/c12-8-1-2-9(7(4-15)10(8)13)16-5-6(3-14)11-17-19-20-18-11/h1-2,5,16H,(H,17,18,19,20). The van der Waals surface area contributed by atoms with Crippen LogP contribution < -0.4 is 5.32 Å². The van der Waals surface area contributed by atoms with Gasteiger partial charge in [-0.15, -0.1) is 10.2 Å². The maximum absolute atomic E-state index is 13.6. The first-order valence-corrected chi connectivity index (χ1v) is 5.54. The highest BCUT2D eigenvalue weighted by Crippen LogP contribution is 2.25. The van der Waals surface area contributed by atoms with Crippen LogP contribution in [0, 0.1) is 28.5 Å². The van der Waals surface area contributed by atoms with Crippen LogP contribution in [0.15, 0.2) is 18.3 Å². The maximum Gasteiger partial charge on any atom is 0.216 e. The quantitative estimate of drug-likeness (QED) is 0.833. The van der Waals surface area contributed by atoms with Gasteiger partial charge in [0.15, 0.2) is 5.82 Å². The van der Waals surface area contributed by atoms with E-state index in [1.165, 1.54) is 18.3 Å². The molecule has 2 rings (SSSR count). The van der Waals surface area contributed by atoms with E-state index in [0.29, 0.717) is 0 Å². The smallest absolute Gasteiger partial charge is 0.216 e. The molecule has 0 amide bonds.